The lowest BCUT2D eigenvalue weighted by molar-refractivity contribution is 0.513. The van der Waals surface area contributed by atoms with Crippen molar-refractivity contribution in [1.82, 2.24) is 0 Å². The second kappa shape index (κ2) is 2.04. The summed E-state index contributed by atoms with van der Waals surface area (Å²) in [6.45, 7) is 2.35. The highest BCUT2D eigenvalue weighted by molar-refractivity contribution is 6.44. The lowest BCUT2D eigenvalue weighted by atomic mass is 10.1. The minimum absolute atomic E-state index is 0.116. The van der Waals surface area contributed by atoms with Gasteiger partial charge in [-0.3, -0.25) is 0 Å². The average molecular weight is 179 g/mol. The lowest BCUT2D eigenvalue weighted by Crippen LogP contribution is -2.07. The summed E-state index contributed by atoms with van der Waals surface area (Å²) < 4.78 is 0. The number of alkyl halides is 2. The molecule has 0 nitrogen and oxygen atoms in total. The van der Waals surface area contributed by atoms with Gasteiger partial charge in [0.05, 0.1) is 0 Å². The fourth-order valence-electron chi connectivity index (χ4n) is 2.40. The molecule has 0 aromatic rings. The van der Waals surface area contributed by atoms with Crippen molar-refractivity contribution in [2.75, 3.05) is 0 Å². The predicted molar refractivity (Wildman–Crippen MR) is 44.4 cm³/mol. The molecule has 10 heavy (non-hydrogen) atoms. The third kappa shape index (κ3) is 0.887. The third-order valence-electron chi connectivity index (χ3n) is 3.31. The summed E-state index contributed by atoms with van der Waals surface area (Å²) in [7, 11) is 0. The van der Waals surface area contributed by atoms with Gasteiger partial charge >= 0.3 is 0 Å². The fourth-order valence-corrected chi connectivity index (χ4v) is 3.00. The molecule has 3 atom stereocenters. The number of rotatable bonds is 1. The Labute approximate surface area is 71.9 Å². The van der Waals surface area contributed by atoms with Crippen molar-refractivity contribution in [1.29, 1.82) is 0 Å². The van der Waals surface area contributed by atoms with Crippen LogP contribution in [-0.4, -0.2) is 4.84 Å². The van der Waals surface area contributed by atoms with E-state index in [2.05, 4.69) is 6.92 Å². The van der Waals surface area contributed by atoms with E-state index in [1.807, 2.05) is 0 Å². The lowest BCUT2D eigenvalue weighted by Gasteiger charge is -2.10. The summed E-state index contributed by atoms with van der Waals surface area (Å²) in [5.41, 5.74) is 0.646. The molecule has 0 radical (unpaired) electrons. The molecule has 2 aliphatic carbocycles. The second-order valence-corrected chi connectivity index (χ2v) is 5.17. The molecule has 0 aromatic carbocycles. The zero-order chi connectivity index (χ0) is 7.35. The van der Waals surface area contributed by atoms with Gasteiger partial charge in [-0.15, -0.1) is 23.2 Å². The molecule has 2 heteroatoms. The normalized spacial score (nSPS) is 51.6. The summed E-state index contributed by atoms with van der Waals surface area (Å²) in [5, 5.41) is 0. The van der Waals surface area contributed by atoms with Gasteiger partial charge in [-0.25, -0.2) is 0 Å². The molecule has 2 aliphatic rings. The van der Waals surface area contributed by atoms with E-state index in [1.54, 1.807) is 0 Å². The van der Waals surface area contributed by atoms with Gasteiger partial charge in [-0.2, -0.15) is 0 Å². The van der Waals surface area contributed by atoms with E-state index in [0.29, 0.717) is 11.3 Å². The third-order valence-corrected chi connectivity index (χ3v) is 3.96. The van der Waals surface area contributed by atoms with E-state index < -0.39 is 0 Å². The van der Waals surface area contributed by atoms with Gasteiger partial charge in [-0.05, 0) is 36.5 Å². The minimum atomic E-state index is -0.116. The number of halogens is 2. The first-order chi connectivity index (χ1) is 4.63. The Morgan fingerprint density at radius 1 is 1.50 bits per heavy atom. The average Bonchev–Trinajstić information content (AvgIpc) is 2.36. The van der Waals surface area contributed by atoms with Crippen LogP contribution in [0.4, 0.5) is 0 Å². The first kappa shape index (κ1) is 7.24. The molecule has 58 valence electrons. The highest BCUT2D eigenvalue weighted by atomic mass is 35.5. The van der Waals surface area contributed by atoms with E-state index in [4.69, 9.17) is 23.2 Å². The highest BCUT2D eigenvalue weighted by Crippen LogP contribution is 2.67. The van der Waals surface area contributed by atoms with Crippen molar-refractivity contribution < 1.29 is 0 Å². The number of fused-ring (bicyclic) bond motifs is 1. The Morgan fingerprint density at radius 3 is 2.40 bits per heavy atom. The first-order valence-electron chi connectivity index (χ1n) is 3.92. The van der Waals surface area contributed by atoms with Crippen LogP contribution in [0.1, 0.15) is 26.2 Å². The molecule has 0 heterocycles. The van der Waals surface area contributed by atoms with Gasteiger partial charge in [0.2, 0.25) is 0 Å². The molecule has 3 unspecified atom stereocenters. The van der Waals surface area contributed by atoms with Crippen molar-refractivity contribution >= 4 is 23.2 Å². The van der Waals surface area contributed by atoms with E-state index in [9.17, 15) is 0 Å². The van der Waals surface area contributed by atoms with E-state index in [0.717, 1.165) is 5.92 Å². The molecule has 0 saturated heterocycles. The summed E-state index contributed by atoms with van der Waals surface area (Å²) >= 11 is 11.7. The van der Waals surface area contributed by atoms with E-state index in [1.165, 1.54) is 19.3 Å². The maximum atomic E-state index is 5.83. The molecule has 2 saturated carbocycles. The van der Waals surface area contributed by atoms with Crippen molar-refractivity contribution in [3.8, 4) is 0 Å². The van der Waals surface area contributed by atoms with Crippen LogP contribution in [-0.2, 0) is 0 Å². The molecule has 0 aromatic heterocycles. The minimum Gasteiger partial charge on any atom is -0.105 e. The quantitative estimate of drug-likeness (QED) is 0.542. The molecule has 2 rings (SSSR count). The smallest absolute Gasteiger partial charge is 0.105 e. The van der Waals surface area contributed by atoms with Crippen molar-refractivity contribution in [2.45, 2.75) is 31.0 Å². The van der Waals surface area contributed by atoms with Gasteiger partial charge in [-0.1, -0.05) is 6.92 Å². The molecule has 2 fully saturated rings. The van der Waals surface area contributed by atoms with Gasteiger partial charge in [0.1, 0.15) is 4.84 Å². The molecule has 0 aliphatic heterocycles. The maximum absolute atomic E-state index is 5.83. The predicted octanol–water partition coefficient (Wildman–Crippen LogP) is 3.23. The first-order valence-corrected chi connectivity index (χ1v) is 4.79. The van der Waals surface area contributed by atoms with Crippen LogP contribution < -0.4 is 0 Å². The summed E-state index contributed by atoms with van der Waals surface area (Å²) in [4.78, 5) is -0.116. The summed E-state index contributed by atoms with van der Waals surface area (Å²) in [6.07, 6.45) is 3.96. The monoisotopic (exact) mass is 178 g/mol. The Bertz CT molecular complexity index is 155. The van der Waals surface area contributed by atoms with Gasteiger partial charge in [0.25, 0.3) is 0 Å². The zero-order valence-electron chi connectivity index (χ0n) is 6.11. The van der Waals surface area contributed by atoms with Crippen LogP contribution in [0.2, 0.25) is 0 Å². The largest absolute Gasteiger partial charge is 0.110 e. The molecular formula is C8H12Cl2. The Morgan fingerprint density at radius 2 is 2.20 bits per heavy atom. The van der Waals surface area contributed by atoms with Crippen LogP contribution in [0.5, 0.6) is 0 Å². The number of hydrogen-bond acceptors (Lipinski definition) is 0. The summed E-state index contributed by atoms with van der Waals surface area (Å²) in [5.74, 6) is 1.46. The van der Waals surface area contributed by atoms with Crippen molar-refractivity contribution in [3.05, 3.63) is 0 Å². The molecule has 0 bridgehead atoms. The topological polar surface area (TPSA) is 0 Å². The van der Waals surface area contributed by atoms with Crippen LogP contribution in [0.3, 0.4) is 0 Å². The van der Waals surface area contributed by atoms with Crippen LogP contribution in [0.15, 0.2) is 0 Å². The van der Waals surface area contributed by atoms with Crippen LogP contribution >= 0.6 is 23.2 Å². The maximum Gasteiger partial charge on any atom is 0.110 e. The Balaban J connectivity index is 2.04. The summed E-state index contributed by atoms with van der Waals surface area (Å²) in [6, 6.07) is 0. The molecule has 0 N–H and O–H groups in total. The van der Waals surface area contributed by atoms with Crippen molar-refractivity contribution in [3.63, 3.8) is 0 Å². The van der Waals surface area contributed by atoms with Gasteiger partial charge in [0.15, 0.2) is 0 Å². The molecule has 0 amide bonds. The standard InChI is InChI=1S/C8H12Cl2/c1-8-3-2-5(7(9)10)6(8)4-8/h5-7H,2-4H2,1H3. The molecule has 0 spiro atoms. The Kier molecular flexibility index (Phi) is 1.48. The van der Waals surface area contributed by atoms with Gasteiger partial charge in [0, 0.05) is 0 Å². The van der Waals surface area contributed by atoms with Crippen LogP contribution in [0.25, 0.3) is 0 Å². The second-order valence-electron chi connectivity index (χ2n) is 4.00. The van der Waals surface area contributed by atoms with E-state index in [-0.39, 0.29) is 4.84 Å². The SMILES string of the molecule is CC12CCC(C(Cl)Cl)C1C2. The Hall–Kier alpha value is 0.580. The van der Waals surface area contributed by atoms with E-state index >= 15 is 0 Å². The zero-order valence-corrected chi connectivity index (χ0v) is 7.62. The highest BCUT2D eigenvalue weighted by Gasteiger charge is 2.59. The number of hydrogen-bond donors (Lipinski definition) is 0. The fraction of sp³-hybridized carbons (Fsp3) is 1.00. The molecular weight excluding hydrogens is 167 g/mol. The van der Waals surface area contributed by atoms with Gasteiger partial charge < -0.3 is 0 Å². The van der Waals surface area contributed by atoms with Crippen LogP contribution in [0, 0.1) is 17.3 Å². The van der Waals surface area contributed by atoms with Crippen molar-refractivity contribution in [2.24, 2.45) is 17.3 Å².